The van der Waals surface area contributed by atoms with Crippen molar-refractivity contribution in [3.63, 3.8) is 0 Å². The van der Waals surface area contributed by atoms with E-state index in [4.69, 9.17) is 16.0 Å². The molecule has 3 heterocycles. The van der Waals surface area contributed by atoms with Crippen LogP contribution in [-0.2, 0) is 11.3 Å². The summed E-state index contributed by atoms with van der Waals surface area (Å²) in [4.78, 5) is 32.5. The van der Waals surface area contributed by atoms with Crippen molar-refractivity contribution in [2.24, 2.45) is 5.73 Å². The van der Waals surface area contributed by atoms with Crippen molar-refractivity contribution >= 4 is 39.7 Å². The van der Waals surface area contributed by atoms with Crippen molar-refractivity contribution < 1.29 is 22.9 Å². The van der Waals surface area contributed by atoms with Gasteiger partial charge in [-0.2, -0.15) is 0 Å². The standard InChI is InChI=1S/C20H20F2N6O3S/c1-10(19(24)30)28(14-4-2-11(21)3-5-14)20-25-18(23)17(32-20)16(29)15-6-13(26-31-15)9-27-7-12(22)8-27/h2-6,10,12H,7-9,23H2,1H3,(H2,24,30)/t10-/m1/s1. The zero-order valence-corrected chi connectivity index (χ0v) is 17.8. The first-order valence-electron chi connectivity index (χ1n) is 9.70. The predicted octanol–water partition coefficient (Wildman–Crippen LogP) is 2.25. The molecule has 0 saturated carbocycles. The second-order valence-corrected chi connectivity index (χ2v) is 8.42. The van der Waals surface area contributed by atoms with E-state index in [1.54, 1.807) is 6.92 Å². The number of anilines is 3. The fourth-order valence-corrected chi connectivity index (χ4v) is 4.32. The molecule has 3 aromatic rings. The molecule has 9 nitrogen and oxygen atoms in total. The van der Waals surface area contributed by atoms with Crippen LogP contribution in [0.5, 0.6) is 0 Å². The Morgan fingerprint density at radius 2 is 2.03 bits per heavy atom. The zero-order valence-electron chi connectivity index (χ0n) is 17.0. The third-order valence-corrected chi connectivity index (χ3v) is 6.11. The molecule has 0 unspecified atom stereocenters. The van der Waals surface area contributed by atoms with E-state index >= 15 is 0 Å². The number of alkyl halides is 1. The highest BCUT2D eigenvalue weighted by Gasteiger charge is 2.30. The lowest BCUT2D eigenvalue weighted by atomic mass is 10.1. The summed E-state index contributed by atoms with van der Waals surface area (Å²) in [6, 6.07) is 6.04. The molecule has 0 bridgehead atoms. The Balaban J connectivity index is 1.60. The number of nitrogens with two attached hydrogens (primary N) is 2. The lowest BCUT2D eigenvalue weighted by Crippen LogP contribution is -2.47. The third-order valence-electron chi connectivity index (χ3n) is 5.04. The number of nitrogens with zero attached hydrogens (tertiary/aromatic N) is 4. The summed E-state index contributed by atoms with van der Waals surface area (Å²) in [5.41, 5.74) is 12.4. The van der Waals surface area contributed by atoms with Crippen molar-refractivity contribution in [3.05, 3.63) is 52.5 Å². The summed E-state index contributed by atoms with van der Waals surface area (Å²) in [7, 11) is 0. The maximum Gasteiger partial charge on any atom is 0.244 e. The summed E-state index contributed by atoms with van der Waals surface area (Å²) in [5.74, 6) is -1.70. The second-order valence-electron chi connectivity index (χ2n) is 7.44. The van der Waals surface area contributed by atoms with Gasteiger partial charge in [0.05, 0.1) is 5.69 Å². The van der Waals surface area contributed by atoms with Gasteiger partial charge in [0.25, 0.3) is 0 Å². The molecule has 4 N–H and O–H groups in total. The molecule has 12 heteroatoms. The lowest BCUT2D eigenvalue weighted by molar-refractivity contribution is -0.118. The minimum atomic E-state index is -0.846. The summed E-state index contributed by atoms with van der Waals surface area (Å²) >= 11 is 0.945. The van der Waals surface area contributed by atoms with Crippen LogP contribution in [0.2, 0.25) is 0 Å². The minimum Gasteiger partial charge on any atom is -0.382 e. The molecule has 2 aromatic heterocycles. The molecule has 1 fully saturated rings. The van der Waals surface area contributed by atoms with Crippen LogP contribution in [0.4, 0.5) is 25.4 Å². The van der Waals surface area contributed by atoms with E-state index in [0.29, 0.717) is 31.0 Å². The molecule has 1 aromatic carbocycles. The largest absolute Gasteiger partial charge is 0.382 e. The van der Waals surface area contributed by atoms with Gasteiger partial charge in [-0.1, -0.05) is 16.5 Å². The quantitative estimate of drug-likeness (QED) is 0.487. The van der Waals surface area contributed by atoms with Crippen LogP contribution in [0, 0.1) is 5.82 Å². The highest BCUT2D eigenvalue weighted by molar-refractivity contribution is 7.18. The van der Waals surface area contributed by atoms with Gasteiger partial charge in [-0.3, -0.25) is 14.5 Å². The van der Waals surface area contributed by atoms with E-state index in [9.17, 15) is 18.4 Å². The molecular weight excluding hydrogens is 442 g/mol. The molecule has 1 aliphatic rings. The number of amides is 1. The Hall–Kier alpha value is -3.38. The van der Waals surface area contributed by atoms with Gasteiger partial charge in [-0.05, 0) is 31.2 Å². The monoisotopic (exact) mass is 462 g/mol. The van der Waals surface area contributed by atoms with Crippen LogP contribution in [0.1, 0.15) is 28.0 Å². The van der Waals surface area contributed by atoms with Crippen molar-refractivity contribution in [1.82, 2.24) is 15.0 Å². The Morgan fingerprint density at radius 1 is 1.34 bits per heavy atom. The van der Waals surface area contributed by atoms with Crippen LogP contribution in [-0.4, -0.2) is 52.0 Å². The molecule has 1 aliphatic heterocycles. The fourth-order valence-electron chi connectivity index (χ4n) is 3.28. The molecular formula is C20H20F2N6O3S. The first kappa shape index (κ1) is 21.8. The summed E-state index contributed by atoms with van der Waals surface area (Å²) < 4.78 is 31.5. The predicted molar refractivity (Wildman–Crippen MR) is 114 cm³/mol. The number of benzene rings is 1. The zero-order chi connectivity index (χ0) is 23.0. The summed E-state index contributed by atoms with van der Waals surface area (Å²) in [5, 5.41) is 4.10. The number of primary amides is 1. The summed E-state index contributed by atoms with van der Waals surface area (Å²) in [6.45, 7) is 2.57. The molecule has 1 atom stereocenters. The van der Waals surface area contributed by atoms with Crippen molar-refractivity contribution in [1.29, 1.82) is 0 Å². The second kappa shape index (κ2) is 8.63. The van der Waals surface area contributed by atoms with Crippen molar-refractivity contribution in [3.8, 4) is 0 Å². The molecule has 1 saturated heterocycles. The molecule has 4 rings (SSSR count). The van der Waals surface area contributed by atoms with Crippen molar-refractivity contribution in [2.45, 2.75) is 25.7 Å². The number of nitrogen functional groups attached to an aromatic ring is 1. The Bertz CT molecular complexity index is 1140. The highest BCUT2D eigenvalue weighted by atomic mass is 32.1. The normalized spacial score (nSPS) is 15.3. The van der Waals surface area contributed by atoms with Crippen LogP contribution in [0.3, 0.4) is 0 Å². The van der Waals surface area contributed by atoms with Gasteiger partial charge in [-0.15, -0.1) is 0 Å². The topological polar surface area (TPSA) is 132 Å². The Morgan fingerprint density at radius 3 is 2.66 bits per heavy atom. The lowest BCUT2D eigenvalue weighted by Gasteiger charge is -2.33. The highest BCUT2D eigenvalue weighted by Crippen LogP contribution is 2.36. The number of halogens is 2. The van der Waals surface area contributed by atoms with Gasteiger partial charge >= 0.3 is 0 Å². The van der Waals surface area contributed by atoms with E-state index in [0.717, 1.165) is 11.3 Å². The van der Waals surface area contributed by atoms with Crippen molar-refractivity contribution in [2.75, 3.05) is 23.7 Å². The van der Waals surface area contributed by atoms with Crippen LogP contribution in [0.25, 0.3) is 0 Å². The number of likely N-dealkylation sites (tertiary alicyclic amines) is 1. The van der Waals surface area contributed by atoms with Crippen LogP contribution >= 0.6 is 11.3 Å². The van der Waals surface area contributed by atoms with Gasteiger partial charge in [-0.25, -0.2) is 13.8 Å². The number of hydrogen-bond acceptors (Lipinski definition) is 9. The first-order chi connectivity index (χ1) is 15.2. The number of thiazole rings is 1. The number of aromatic nitrogens is 2. The minimum absolute atomic E-state index is 0.0319. The smallest absolute Gasteiger partial charge is 0.244 e. The van der Waals surface area contributed by atoms with Gasteiger partial charge in [0.2, 0.25) is 17.5 Å². The Kier molecular flexibility index (Phi) is 5.89. The van der Waals surface area contributed by atoms with E-state index in [-0.39, 0.29) is 21.6 Å². The SMILES string of the molecule is C[C@H](C(N)=O)N(c1ccc(F)cc1)c1nc(N)c(C(=O)c2cc(CN3CC(F)C3)no2)s1. The van der Waals surface area contributed by atoms with E-state index in [1.807, 2.05) is 4.90 Å². The molecule has 32 heavy (non-hydrogen) atoms. The van der Waals surface area contributed by atoms with E-state index in [2.05, 4.69) is 10.1 Å². The fraction of sp³-hybridized carbons (Fsp3) is 0.300. The number of rotatable bonds is 8. The molecule has 168 valence electrons. The van der Waals surface area contributed by atoms with Gasteiger partial charge < -0.3 is 20.9 Å². The average Bonchev–Trinajstić information content (AvgIpc) is 3.34. The molecule has 0 radical (unpaired) electrons. The first-order valence-corrected chi connectivity index (χ1v) is 10.5. The van der Waals surface area contributed by atoms with E-state index in [1.165, 1.54) is 35.2 Å². The Labute approximate surface area is 185 Å². The molecule has 1 amide bonds. The molecule has 0 spiro atoms. The van der Waals surface area contributed by atoms with E-state index < -0.39 is 29.7 Å². The average molecular weight is 462 g/mol. The van der Waals surface area contributed by atoms with Crippen LogP contribution < -0.4 is 16.4 Å². The maximum atomic E-state index is 13.4. The number of carbonyl (C=O) groups excluding carboxylic acids is 2. The van der Waals surface area contributed by atoms with Gasteiger partial charge in [0, 0.05) is 31.4 Å². The van der Waals surface area contributed by atoms with Crippen LogP contribution in [0.15, 0.2) is 34.9 Å². The third kappa shape index (κ3) is 4.32. The van der Waals surface area contributed by atoms with Gasteiger partial charge in [0.15, 0.2) is 5.13 Å². The maximum absolute atomic E-state index is 13.4. The van der Waals surface area contributed by atoms with Gasteiger partial charge in [0.1, 0.15) is 28.7 Å². The molecule has 0 aliphatic carbocycles. The number of hydrogen-bond donors (Lipinski definition) is 2. The summed E-state index contributed by atoms with van der Waals surface area (Å²) in [6.07, 6.45) is -0.842. The number of ketones is 1. The number of carbonyl (C=O) groups is 2.